The van der Waals surface area contributed by atoms with Gasteiger partial charge in [-0.1, -0.05) is 27.7 Å². The van der Waals surface area contributed by atoms with Crippen molar-refractivity contribution in [1.82, 2.24) is 0 Å². The highest BCUT2D eigenvalue weighted by molar-refractivity contribution is 5.64. The van der Waals surface area contributed by atoms with Gasteiger partial charge in [-0.05, 0) is 11.8 Å². The molecule has 2 N–H and O–H groups in total. The zero-order chi connectivity index (χ0) is 8.36. The fourth-order valence-corrected chi connectivity index (χ4v) is 0.939. The Kier molecular flexibility index (Phi) is 3.03. The summed E-state index contributed by atoms with van der Waals surface area (Å²) in [6, 6.07) is 0. The first-order valence-electron chi connectivity index (χ1n) is 3.70. The van der Waals surface area contributed by atoms with Gasteiger partial charge in [-0.2, -0.15) is 0 Å². The van der Waals surface area contributed by atoms with Crippen molar-refractivity contribution < 1.29 is 4.79 Å². The van der Waals surface area contributed by atoms with Crippen molar-refractivity contribution in [3.05, 3.63) is 0 Å². The second kappa shape index (κ2) is 3.15. The molecule has 0 aliphatic heterocycles. The second-order valence-electron chi connectivity index (χ2n) is 3.43. The molecular formula is C8H17NO. The second-order valence-corrected chi connectivity index (χ2v) is 3.43. The third kappa shape index (κ3) is 1.57. The summed E-state index contributed by atoms with van der Waals surface area (Å²) in [6.07, 6.45) is 0.863. The number of nitrogens with two attached hydrogens (primary N) is 1. The standard InChI is InChI=1S/C8H17NO/c1-6(2)8(9,5-10)7(3)4/h5-7H,9H2,1-4H3. The monoisotopic (exact) mass is 143 g/mol. The molecule has 0 bridgehead atoms. The molecule has 0 fully saturated rings. The van der Waals surface area contributed by atoms with Crippen LogP contribution in [0.3, 0.4) is 0 Å². The fraction of sp³-hybridized carbons (Fsp3) is 0.875. The summed E-state index contributed by atoms with van der Waals surface area (Å²) in [5.74, 6) is 0.426. The molecule has 0 aromatic heterocycles. The molecular weight excluding hydrogens is 126 g/mol. The van der Waals surface area contributed by atoms with Crippen LogP contribution in [0.25, 0.3) is 0 Å². The van der Waals surface area contributed by atoms with Crippen LogP contribution >= 0.6 is 0 Å². The third-order valence-electron chi connectivity index (χ3n) is 2.20. The van der Waals surface area contributed by atoms with Gasteiger partial charge in [-0.25, -0.2) is 0 Å². The minimum absolute atomic E-state index is 0.213. The smallest absolute Gasteiger partial charge is 0.140 e. The lowest BCUT2D eigenvalue weighted by Gasteiger charge is -2.31. The van der Waals surface area contributed by atoms with Gasteiger partial charge in [0.1, 0.15) is 6.29 Å². The summed E-state index contributed by atoms with van der Waals surface area (Å²) < 4.78 is 0. The maximum atomic E-state index is 10.6. The highest BCUT2D eigenvalue weighted by atomic mass is 16.1. The van der Waals surface area contributed by atoms with E-state index in [4.69, 9.17) is 5.73 Å². The normalized spacial score (nSPS) is 12.7. The van der Waals surface area contributed by atoms with Gasteiger partial charge in [0.25, 0.3) is 0 Å². The summed E-state index contributed by atoms with van der Waals surface area (Å²) >= 11 is 0. The van der Waals surface area contributed by atoms with Gasteiger partial charge in [-0.3, -0.25) is 0 Å². The molecule has 0 unspecified atom stereocenters. The van der Waals surface area contributed by atoms with Crippen molar-refractivity contribution in [2.45, 2.75) is 33.2 Å². The lowest BCUT2D eigenvalue weighted by atomic mass is 9.79. The van der Waals surface area contributed by atoms with E-state index in [1.807, 2.05) is 27.7 Å². The molecule has 0 aliphatic carbocycles. The van der Waals surface area contributed by atoms with Crippen molar-refractivity contribution in [3.8, 4) is 0 Å². The van der Waals surface area contributed by atoms with Crippen LogP contribution in [0.2, 0.25) is 0 Å². The number of rotatable bonds is 3. The van der Waals surface area contributed by atoms with Crippen LogP contribution in [0.1, 0.15) is 27.7 Å². The summed E-state index contributed by atoms with van der Waals surface area (Å²) in [7, 11) is 0. The van der Waals surface area contributed by atoms with E-state index in [1.165, 1.54) is 0 Å². The maximum absolute atomic E-state index is 10.6. The van der Waals surface area contributed by atoms with E-state index in [9.17, 15) is 4.79 Å². The van der Waals surface area contributed by atoms with Crippen LogP contribution in [-0.4, -0.2) is 11.8 Å². The van der Waals surface area contributed by atoms with Gasteiger partial charge < -0.3 is 10.5 Å². The van der Waals surface area contributed by atoms with Crippen molar-refractivity contribution in [2.24, 2.45) is 17.6 Å². The van der Waals surface area contributed by atoms with Crippen LogP contribution in [0.4, 0.5) is 0 Å². The fourth-order valence-electron chi connectivity index (χ4n) is 0.939. The molecule has 10 heavy (non-hydrogen) atoms. The van der Waals surface area contributed by atoms with Gasteiger partial charge in [-0.15, -0.1) is 0 Å². The van der Waals surface area contributed by atoms with Crippen molar-refractivity contribution in [2.75, 3.05) is 0 Å². The summed E-state index contributed by atoms with van der Waals surface area (Å²) in [6.45, 7) is 7.87. The summed E-state index contributed by atoms with van der Waals surface area (Å²) in [5.41, 5.74) is 5.18. The van der Waals surface area contributed by atoms with E-state index in [2.05, 4.69) is 0 Å². The molecule has 0 aliphatic rings. The predicted molar refractivity (Wildman–Crippen MR) is 42.7 cm³/mol. The molecule has 0 saturated heterocycles. The quantitative estimate of drug-likeness (QED) is 0.603. The van der Waals surface area contributed by atoms with E-state index >= 15 is 0 Å². The number of carbonyl (C=O) groups is 1. The van der Waals surface area contributed by atoms with E-state index < -0.39 is 5.54 Å². The minimum Gasteiger partial charge on any atom is -0.319 e. The van der Waals surface area contributed by atoms with Crippen LogP contribution in [-0.2, 0) is 4.79 Å². The topological polar surface area (TPSA) is 43.1 Å². The van der Waals surface area contributed by atoms with Gasteiger partial charge in [0.05, 0.1) is 5.54 Å². The highest BCUT2D eigenvalue weighted by Crippen LogP contribution is 2.20. The largest absolute Gasteiger partial charge is 0.319 e. The first kappa shape index (κ1) is 9.63. The van der Waals surface area contributed by atoms with Gasteiger partial charge in [0.2, 0.25) is 0 Å². The van der Waals surface area contributed by atoms with Crippen molar-refractivity contribution in [1.29, 1.82) is 0 Å². The Labute approximate surface area is 62.8 Å². The summed E-state index contributed by atoms with van der Waals surface area (Å²) in [4.78, 5) is 10.6. The average Bonchev–Trinajstić information content (AvgIpc) is 1.85. The van der Waals surface area contributed by atoms with Crippen LogP contribution in [0.5, 0.6) is 0 Å². The lowest BCUT2D eigenvalue weighted by molar-refractivity contribution is -0.115. The molecule has 0 rings (SSSR count). The first-order chi connectivity index (χ1) is 4.45. The molecule has 2 heteroatoms. The average molecular weight is 143 g/mol. The first-order valence-corrected chi connectivity index (χ1v) is 3.70. The van der Waals surface area contributed by atoms with Crippen molar-refractivity contribution >= 4 is 6.29 Å². The predicted octanol–water partition coefficient (Wildman–Crippen LogP) is 1.19. The Morgan fingerprint density at radius 1 is 1.20 bits per heavy atom. The van der Waals surface area contributed by atoms with Gasteiger partial charge in [0, 0.05) is 0 Å². The molecule has 0 heterocycles. The van der Waals surface area contributed by atoms with Crippen LogP contribution < -0.4 is 5.73 Å². The minimum atomic E-state index is -0.639. The number of hydrogen-bond donors (Lipinski definition) is 1. The number of hydrogen-bond acceptors (Lipinski definition) is 2. The van der Waals surface area contributed by atoms with E-state index in [0.29, 0.717) is 0 Å². The molecule has 0 aromatic carbocycles. The molecule has 0 radical (unpaired) electrons. The van der Waals surface area contributed by atoms with E-state index in [1.54, 1.807) is 0 Å². The Balaban J connectivity index is 4.38. The number of carbonyl (C=O) groups excluding carboxylic acids is 1. The van der Waals surface area contributed by atoms with Gasteiger partial charge >= 0.3 is 0 Å². The Hall–Kier alpha value is -0.370. The molecule has 0 saturated carbocycles. The Bertz CT molecular complexity index is 110. The summed E-state index contributed by atoms with van der Waals surface area (Å²) in [5, 5.41) is 0. The lowest BCUT2D eigenvalue weighted by Crippen LogP contribution is -2.51. The number of aldehydes is 1. The zero-order valence-corrected chi connectivity index (χ0v) is 7.22. The highest BCUT2D eigenvalue weighted by Gasteiger charge is 2.31. The van der Waals surface area contributed by atoms with Crippen molar-refractivity contribution in [3.63, 3.8) is 0 Å². The SMILES string of the molecule is CC(C)C(N)(C=O)C(C)C. The maximum Gasteiger partial charge on any atom is 0.140 e. The Morgan fingerprint density at radius 3 is 1.50 bits per heavy atom. The zero-order valence-electron chi connectivity index (χ0n) is 7.22. The molecule has 0 spiro atoms. The molecule has 2 nitrogen and oxygen atoms in total. The van der Waals surface area contributed by atoms with E-state index in [-0.39, 0.29) is 11.8 Å². The van der Waals surface area contributed by atoms with E-state index in [0.717, 1.165) is 6.29 Å². The third-order valence-corrected chi connectivity index (χ3v) is 2.20. The van der Waals surface area contributed by atoms with Gasteiger partial charge in [0.15, 0.2) is 0 Å². The molecule has 0 atom stereocenters. The molecule has 60 valence electrons. The van der Waals surface area contributed by atoms with Crippen LogP contribution in [0.15, 0.2) is 0 Å². The molecule has 0 amide bonds. The molecule has 0 aromatic rings. The Morgan fingerprint density at radius 2 is 1.50 bits per heavy atom. The van der Waals surface area contributed by atoms with Crippen LogP contribution in [0, 0.1) is 11.8 Å².